The van der Waals surface area contributed by atoms with Crippen LogP contribution in [0.3, 0.4) is 0 Å². The van der Waals surface area contributed by atoms with E-state index in [1.54, 1.807) is 36.4 Å². The molecule has 0 bridgehead atoms. The number of hydrogen-bond donors (Lipinski definition) is 0. The smallest absolute Gasteiger partial charge is 0.243 e. The van der Waals surface area contributed by atoms with Crippen LogP contribution in [0.15, 0.2) is 77.7 Å². The lowest BCUT2D eigenvalue weighted by atomic mass is 9.81. The maximum atomic E-state index is 13.8. The van der Waals surface area contributed by atoms with Crippen LogP contribution in [-0.2, 0) is 21.2 Å². The molecule has 1 aliphatic heterocycles. The van der Waals surface area contributed by atoms with E-state index in [2.05, 4.69) is 6.92 Å². The minimum atomic E-state index is -3.92. The van der Waals surface area contributed by atoms with E-state index in [0.29, 0.717) is 11.1 Å². The van der Waals surface area contributed by atoms with Gasteiger partial charge in [0.25, 0.3) is 0 Å². The Kier molecular flexibility index (Phi) is 7.77. The summed E-state index contributed by atoms with van der Waals surface area (Å²) in [6.07, 6.45) is 3.11. The zero-order valence-electron chi connectivity index (χ0n) is 19.7. The number of nitrogens with zero attached hydrogens (tertiary/aromatic N) is 1. The lowest BCUT2D eigenvalue weighted by Gasteiger charge is -2.39. The van der Waals surface area contributed by atoms with Crippen molar-refractivity contribution in [2.45, 2.75) is 55.9 Å². The van der Waals surface area contributed by atoms with E-state index >= 15 is 0 Å². The van der Waals surface area contributed by atoms with Gasteiger partial charge in [-0.25, -0.2) is 17.2 Å². The first-order valence-corrected chi connectivity index (χ1v) is 13.4. The number of carbonyl (C=O) groups is 1. The van der Waals surface area contributed by atoms with Gasteiger partial charge in [-0.1, -0.05) is 49.7 Å². The van der Waals surface area contributed by atoms with Crippen LogP contribution in [0, 0.1) is 11.6 Å². The maximum Gasteiger partial charge on any atom is 0.243 e. The lowest BCUT2D eigenvalue weighted by molar-refractivity contribution is -0.122. The molecule has 1 unspecified atom stereocenters. The molecule has 1 atom stereocenters. The van der Waals surface area contributed by atoms with Gasteiger partial charge in [-0.2, -0.15) is 4.31 Å². The number of aryl methyl sites for hydroxylation is 1. The van der Waals surface area contributed by atoms with Gasteiger partial charge in [0.2, 0.25) is 10.0 Å². The van der Waals surface area contributed by atoms with Gasteiger partial charge < -0.3 is 0 Å². The van der Waals surface area contributed by atoms with E-state index in [-0.39, 0.29) is 30.1 Å². The second-order valence-corrected chi connectivity index (χ2v) is 10.9. The molecule has 1 saturated heterocycles. The molecule has 0 spiro atoms. The summed E-state index contributed by atoms with van der Waals surface area (Å²) in [5, 5.41) is 0. The largest absolute Gasteiger partial charge is 0.300 e. The highest BCUT2D eigenvalue weighted by atomic mass is 32.2. The summed E-state index contributed by atoms with van der Waals surface area (Å²) in [4.78, 5) is 12.7. The van der Waals surface area contributed by atoms with Crippen LogP contribution >= 0.6 is 0 Å². The molecule has 184 valence electrons. The van der Waals surface area contributed by atoms with E-state index in [9.17, 15) is 22.0 Å². The Hall–Kier alpha value is -2.90. The molecular weight excluding hydrogens is 468 g/mol. The Balaban J connectivity index is 1.76. The number of Topliss-reactive ketones (excluding diaryl/α,β-unsaturated/α-hetero) is 1. The highest BCUT2D eigenvalue weighted by Crippen LogP contribution is 2.38. The molecule has 35 heavy (non-hydrogen) atoms. The minimum Gasteiger partial charge on any atom is -0.300 e. The number of carbonyl (C=O) groups excluding carboxylic acids is 1. The molecule has 0 saturated carbocycles. The van der Waals surface area contributed by atoms with E-state index in [1.165, 1.54) is 28.6 Å². The Morgan fingerprint density at radius 1 is 0.886 bits per heavy atom. The number of sulfonamides is 1. The molecule has 4 nitrogen and oxygen atoms in total. The van der Waals surface area contributed by atoms with Crippen molar-refractivity contribution >= 4 is 15.8 Å². The summed E-state index contributed by atoms with van der Waals surface area (Å²) in [6, 6.07) is 17.8. The van der Waals surface area contributed by atoms with Crippen molar-refractivity contribution < 1.29 is 22.0 Å². The summed E-state index contributed by atoms with van der Waals surface area (Å²) in [5.41, 5.74) is 2.40. The molecular formula is C28H29F2NO3S. The number of benzene rings is 3. The van der Waals surface area contributed by atoms with E-state index in [4.69, 9.17) is 0 Å². The lowest BCUT2D eigenvalue weighted by Crippen LogP contribution is -2.49. The van der Waals surface area contributed by atoms with Crippen LogP contribution in [0.25, 0.3) is 0 Å². The first-order chi connectivity index (χ1) is 16.8. The third-order valence-corrected chi connectivity index (χ3v) is 8.55. The zero-order chi connectivity index (χ0) is 25.0. The van der Waals surface area contributed by atoms with Crippen LogP contribution < -0.4 is 0 Å². The Labute approximate surface area is 205 Å². The number of unbranched alkanes of at least 4 members (excludes halogenated alkanes) is 1. The third kappa shape index (κ3) is 5.68. The molecule has 0 aromatic heterocycles. The predicted molar refractivity (Wildman–Crippen MR) is 132 cm³/mol. The molecule has 1 aliphatic rings. The standard InChI is InChI=1S/C28H29F2NO3S/c1-2-3-4-20-5-15-26(16-6-20)35(33,34)31-18-17-25(32)19-27(31)28(21-7-11-23(29)12-8-21)22-9-13-24(30)14-10-22/h5-16,27-28H,2-4,17-19H2,1H3. The van der Waals surface area contributed by atoms with Gasteiger partial charge in [0.1, 0.15) is 17.4 Å². The van der Waals surface area contributed by atoms with Crippen molar-refractivity contribution in [2.24, 2.45) is 0 Å². The Bertz CT molecular complexity index is 1210. The average molecular weight is 498 g/mol. The highest BCUT2D eigenvalue weighted by Gasteiger charge is 2.41. The summed E-state index contributed by atoms with van der Waals surface area (Å²) in [5.74, 6) is -1.44. The molecule has 0 amide bonds. The monoisotopic (exact) mass is 497 g/mol. The van der Waals surface area contributed by atoms with Gasteiger partial charge in [0, 0.05) is 31.3 Å². The topological polar surface area (TPSA) is 54.5 Å². The molecule has 1 fully saturated rings. The average Bonchev–Trinajstić information content (AvgIpc) is 2.85. The molecule has 1 heterocycles. The van der Waals surface area contributed by atoms with Crippen molar-refractivity contribution in [1.82, 2.24) is 4.31 Å². The fourth-order valence-corrected chi connectivity index (χ4v) is 6.38. The minimum absolute atomic E-state index is 0.0211. The van der Waals surface area contributed by atoms with Crippen LogP contribution in [-0.4, -0.2) is 31.1 Å². The second kappa shape index (κ2) is 10.8. The van der Waals surface area contributed by atoms with Crippen LogP contribution in [0.2, 0.25) is 0 Å². The fraction of sp³-hybridized carbons (Fsp3) is 0.321. The molecule has 3 aromatic carbocycles. The first-order valence-electron chi connectivity index (χ1n) is 11.9. The van der Waals surface area contributed by atoms with Crippen molar-refractivity contribution in [3.8, 4) is 0 Å². The molecule has 0 aliphatic carbocycles. The van der Waals surface area contributed by atoms with Gasteiger partial charge in [-0.3, -0.25) is 4.79 Å². The Morgan fingerprint density at radius 2 is 1.43 bits per heavy atom. The number of ketones is 1. The number of hydrogen-bond acceptors (Lipinski definition) is 3. The van der Waals surface area contributed by atoms with E-state index < -0.39 is 33.6 Å². The summed E-state index contributed by atoms with van der Waals surface area (Å²) < 4.78 is 56.4. The van der Waals surface area contributed by atoms with Crippen molar-refractivity contribution in [1.29, 1.82) is 0 Å². The number of piperidine rings is 1. The van der Waals surface area contributed by atoms with Gasteiger partial charge in [0.05, 0.1) is 4.90 Å². The maximum absolute atomic E-state index is 13.8. The van der Waals surface area contributed by atoms with Crippen molar-refractivity contribution in [3.05, 3.63) is 101 Å². The van der Waals surface area contributed by atoms with Gasteiger partial charge in [-0.15, -0.1) is 0 Å². The van der Waals surface area contributed by atoms with Gasteiger partial charge >= 0.3 is 0 Å². The van der Waals surface area contributed by atoms with Crippen LogP contribution in [0.5, 0.6) is 0 Å². The highest BCUT2D eigenvalue weighted by molar-refractivity contribution is 7.89. The molecule has 4 rings (SSSR count). The van der Waals surface area contributed by atoms with Crippen LogP contribution in [0.1, 0.15) is 55.2 Å². The molecule has 7 heteroatoms. The fourth-order valence-electron chi connectivity index (χ4n) is 4.74. The summed E-state index contributed by atoms with van der Waals surface area (Å²) in [6.45, 7) is 2.16. The van der Waals surface area contributed by atoms with E-state index in [0.717, 1.165) is 24.8 Å². The molecule has 3 aromatic rings. The second-order valence-electron chi connectivity index (χ2n) is 9.00. The Morgan fingerprint density at radius 3 is 1.94 bits per heavy atom. The quantitative estimate of drug-likeness (QED) is 0.392. The summed E-state index contributed by atoms with van der Waals surface area (Å²) in [7, 11) is -3.92. The normalized spacial score (nSPS) is 17.1. The summed E-state index contributed by atoms with van der Waals surface area (Å²) >= 11 is 0. The van der Waals surface area contributed by atoms with Crippen molar-refractivity contribution in [2.75, 3.05) is 6.54 Å². The van der Waals surface area contributed by atoms with Crippen LogP contribution in [0.4, 0.5) is 8.78 Å². The van der Waals surface area contributed by atoms with Gasteiger partial charge in [0.15, 0.2) is 0 Å². The zero-order valence-corrected chi connectivity index (χ0v) is 20.5. The van der Waals surface area contributed by atoms with E-state index in [1.807, 2.05) is 12.1 Å². The number of rotatable bonds is 8. The van der Waals surface area contributed by atoms with Gasteiger partial charge in [-0.05, 0) is 65.9 Å². The third-order valence-electron chi connectivity index (χ3n) is 6.61. The molecule has 0 radical (unpaired) electrons. The predicted octanol–water partition coefficient (Wildman–Crippen LogP) is 5.86. The number of halogens is 2. The first kappa shape index (κ1) is 25.2. The van der Waals surface area contributed by atoms with Crippen molar-refractivity contribution in [3.63, 3.8) is 0 Å². The molecule has 0 N–H and O–H groups in total. The SMILES string of the molecule is CCCCc1ccc(S(=O)(=O)N2CCC(=O)CC2C(c2ccc(F)cc2)c2ccc(F)cc2)cc1.